The van der Waals surface area contributed by atoms with Crippen LogP contribution in [0.3, 0.4) is 0 Å². The van der Waals surface area contributed by atoms with Crippen LogP contribution in [0.1, 0.15) is 10.4 Å². The van der Waals surface area contributed by atoms with Crippen LogP contribution < -0.4 is 15.8 Å². The van der Waals surface area contributed by atoms with Crippen molar-refractivity contribution in [3.05, 3.63) is 54.1 Å². The normalized spacial score (nSPS) is 9.90. The van der Waals surface area contributed by atoms with E-state index >= 15 is 0 Å². The highest BCUT2D eigenvalue weighted by atomic mass is 16.5. The Labute approximate surface area is 121 Å². The van der Waals surface area contributed by atoms with E-state index in [0.29, 0.717) is 22.7 Å². The van der Waals surface area contributed by atoms with Crippen LogP contribution >= 0.6 is 0 Å². The lowest BCUT2D eigenvalue weighted by molar-refractivity contribution is -0.139. The Morgan fingerprint density at radius 2 is 1.76 bits per heavy atom. The number of carbonyl (C=O) groups excluding carboxylic acids is 1. The summed E-state index contributed by atoms with van der Waals surface area (Å²) in [5.74, 6) is -0.950. The summed E-state index contributed by atoms with van der Waals surface area (Å²) in [6.45, 7) is -0.410. The minimum absolute atomic E-state index is 0.313. The first kappa shape index (κ1) is 14.4. The molecule has 2 aromatic carbocycles. The summed E-state index contributed by atoms with van der Waals surface area (Å²) >= 11 is 0. The molecule has 0 fully saturated rings. The molecule has 2 rings (SSSR count). The summed E-state index contributed by atoms with van der Waals surface area (Å²) < 4.78 is 5.00. The van der Waals surface area contributed by atoms with Crippen LogP contribution in [-0.2, 0) is 4.79 Å². The van der Waals surface area contributed by atoms with E-state index in [9.17, 15) is 9.59 Å². The number of aliphatic carboxylic acids is 1. The Morgan fingerprint density at radius 3 is 2.38 bits per heavy atom. The molecular weight excluding hydrogens is 272 g/mol. The molecule has 0 radical (unpaired) electrons. The molecule has 0 atom stereocenters. The van der Waals surface area contributed by atoms with Gasteiger partial charge in [-0.05, 0) is 36.4 Å². The fourth-order valence-corrected chi connectivity index (χ4v) is 1.68. The fourth-order valence-electron chi connectivity index (χ4n) is 1.68. The van der Waals surface area contributed by atoms with E-state index in [2.05, 4.69) is 5.32 Å². The molecule has 0 heterocycles. The van der Waals surface area contributed by atoms with Crippen LogP contribution in [-0.4, -0.2) is 23.6 Å². The number of para-hydroxylation sites is 1. The van der Waals surface area contributed by atoms with Crippen LogP contribution in [0.2, 0.25) is 0 Å². The van der Waals surface area contributed by atoms with Gasteiger partial charge in [-0.2, -0.15) is 0 Å². The van der Waals surface area contributed by atoms with Crippen LogP contribution in [0.4, 0.5) is 11.4 Å². The maximum atomic E-state index is 12.0. The smallest absolute Gasteiger partial charge is 0.341 e. The second kappa shape index (κ2) is 6.42. The summed E-state index contributed by atoms with van der Waals surface area (Å²) in [5, 5.41) is 11.2. The number of nitrogens with two attached hydrogens (primary N) is 1. The summed E-state index contributed by atoms with van der Waals surface area (Å²) in [6, 6.07) is 13.2. The molecule has 0 aliphatic carbocycles. The lowest BCUT2D eigenvalue weighted by Gasteiger charge is -2.08. The molecule has 0 unspecified atom stereocenters. The predicted molar refractivity (Wildman–Crippen MR) is 78.4 cm³/mol. The van der Waals surface area contributed by atoms with E-state index in [0.717, 1.165) is 0 Å². The zero-order valence-electron chi connectivity index (χ0n) is 11.1. The molecule has 108 valence electrons. The standard InChI is InChI=1S/C15H14N2O4/c16-13-4-2-1-3-12(13)15(20)17-10-5-7-11(8-6-10)21-9-14(18)19/h1-8H,9,16H2,(H,17,20)(H,18,19). The molecule has 2 aromatic rings. The largest absolute Gasteiger partial charge is 0.482 e. The third-order valence-electron chi connectivity index (χ3n) is 2.68. The van der Waals surface area contributed by atoms with Gasteiger partial charge in [-0.15, -0.1) is 0 Å². The Bertz CT molecular complexity index is 653. The van der Waals surface area contributed by atoms with Crippen molar-refractivity contribution >= 4 is 23.3 Å². The number of ether oxygens (including phenoxy) is 1. The van der Waals surface area contributed by atoms with Crippen LogP contribution in [0.25, 0.3) is 0 Å². The van der Waals surface area contributed by atoms with E-state index in [-0.39, 0.29) is 5.91 Å². The van der Waals surface area contributed by atoms with Gasteiger partial charge in [0.2, 0.25) is 0 Å². The number of carboxylic acid groups (broad SMARTS) is 1. The van der Waals surface area contributed by atoms with E-state index in [1.54, 1.807) is 48.5 Å². The molecule has 0 aliphatic rings. The van der Waals surface area contributed by atoms with Crippen LogP contribution in [0, 0.1) is 0 Å². The van der Waals surface area contributed by atoms with Crippen molar-refractivity contribution < 1.29 is 19.4 Å². The third kappa shape index (κ3) is 3.97. The summed E-state index contributed by atoms with van der Waals surface area (Å²) in [4.78, 5) is 22.4. The number of hydrogen-bond donors (Lipinski definition) is 3. The molecular formula is C15H14N2O4. The predicted octanol–water partition coefficient (Wildman–Crippen LogP) is 1.98. The highest BCUT2D eigenvalue weighted by Crippen LogP contribution is 2.18. The molecule has 0 bridgehead atoms. The van der Waals surface area contributed by atoms with E-state index < -0.39 is 12.6 Å². The SMILES string of the molecule is Nc1ccccc1C(=O)Nc1ccc(OCC(=O)O)cc1. The van der Waals surface area contributed by atoms with Gasteiger partial charge in [-0.3, -0.25) is 4.79 Å². The Balaban J connectivity index is 2.02. The van der Waals surface area contributed by atoms with Gasteiger partial charge in [0.05, 0.1) is 5.56 Å². The molecule has 21 heavy (non-hydrogen) atoms. The van der Waals surface area contributed by atoms with E-state index in [4.69, 9.17) is 15.6 Å². The zero-order chi connectivity index (χ0) is 15.2. The van der Waals surface area contributed by atoms with Gasteiger partial charge in [0, 0.05) is 11.4 Å². The molecule has 0 aliphatic heterocycles. The van der Waals surface area contributed by atoms with Crippen molar-refractivity contribution in [3.8, 4) is 5.75 Å². The highest BCUT2D eigenvalue weighted by Gasteiger charge is 2.09. The van der Waals surface area contributed by atoms with Crippen molar-refractivity contribution in [2.24, 2.45) is 0 Å². The van der Waals surface area contributed by atoms with Gasteiger partial charge < -0.3 is 20.9 Å². The molecule has 0 spiro atoms. The molecule has 0 saturated carbocycles. The van der Waals surface area contributed by atoms with E-state index in [1.807, 2.05) is 0 Å². The minimum Gasteiger partial charge on any atom is -0.482 e. The lowest BCUT2D eigenvalue weighted by Crippen LogP contribution is -2.14. The maximum Gasteiger partial charge on any atom is 0.341 e. The van der Waals surface area contributed by atoms with Gasteiger partial charge >= 0.3 is 5.97 Å². The molecule has 6 heteroatoms. The van der Waals surface area contributed by atoms with Crippen molar-refractivity contribution in [1.82, 2.24) is 0 Å². The third-order valence-corrected chi connectivity index (χ3v) is 2.68. The Kier molecular flexibility index (Phi) is 4.40. The number of carbonyl (C=O) groups is 2. The number of nitrogen functional groups attached to an aromatic ring is 1. The maximum absolute atomic E-state index is 12.0. The molecule has 1 amide bonds. The van der Waals surface area contributed by atoms with Gasteiger partial charge in [0.1, 0.15) is 5.75 Å². The monoisotopic (exact) mass is 286 g/mol. The van der Waals surface area contributed by atoms with Crippen molar-refractivity contribution in [2.45, 2.75) is 0 Å². The molecule has 0 saturated heterocycles. The van der Waals surface area contributed by atoms with Gasteiger partial charge in [0.25, 0.3) is 5.91 Å². The topological polar surface area (TPSA) is 102 Å². The average Bonchev–Trinajstić information content (AvgIpc) is 2.47. The zero-order valence-corrected chi connectivity index (χ0v) is 11.1. The minimum atomic E-state index is -1.05. The van der Waals surface area contributed by atoms with Crippen molar-refractivity contribution in [2.75, 3.05) is 17.7 Å². The molecule has 6 nitrogen and oxygen atoms in total. The number of nitrogens with one attached hydrogen (secondary N) is 1. The summed E-state index contributed by atoms with van der Waals surface area (Å²) in [5.41, 5.74) is 7.08. The Hall–Kier alpha value is -3.02. The molecule has 0 aromatic heterocycles. The number of carboxylic acids is 1. The van der Waals surface area contributed by atoms with E-state index in [1.165, 1.54) is 0 Å². The lowest BCUT2D eigenvalue weighted by atomic mass is 10.1. The highest BCUT2D eigenvalue weighted by molar-refractivity contribution is 6.07. The second-order valence-corrected chi connectivity index (χ2v) is 4.25. The van der Waals surface area contributed by atoms with Gasteiger partial charge in [-0.1, -0.05) is 12.1 Å². The first-order valence-corrected chi connectivity index (χ1v) is 6.17. The number of hydrogen-bond acceptors (Lipinski definition) is 4. The quantitative estimate of drug-likeness (QED) is 0.729. The molecule has 4 N–H and O–H groups in total. The van der Waals surface area contributed by atoms with Gasteiger partial charge in [0.15, 0.2) is 6.61 Å². The first-order chi connectivity index (χ1) is 10.1. The second-order valence-electron chi connectivity index (χ2n) is 4.25. The van der Waals surface area contributed by atoms with Gasteiger partial charge in [-0.25, -0.2) is 4.79 Å². The average molecular weight is 286 g/mol. The number of anilines is 2. The number of amides is 1. The van der Waals surface area contributed by atoms with Crippen LogP contribution in [0.15, 0.2) is 48.5 Å². The first-order valence-electron chi connectivity index (χ1n) is 6.17. The summed E-state index contributed by atoms with van der Waals surface area (Å²) in [7, 11) is 0. The number of rotatable bonds is 5. The fraction of sp³-hybridized carbons (Fsp3) is 0.0667. The number of benzene rings is 2. The van der Waals surface area contributed by atoms with Crippen LogP contribution in [0.5, 0.6) is 5.75 Å². The summed E-state index contributed by atoms with van der Waals surface area (Å²) in [6.07, 6.45) is 0. The van der Waals surface area contributed by atoms with Crippen molar-refractivity contribution in [1.29, 1.82) is 0 Å². The Morgan fingerprint density at radius 1 is 1.10 bits per heavy atom. The van der Waals surface area contributed by atoms with Crippen molar-refractivity contribution in [3.63, 3.8) is 0 Å².